The van der Waals surface area contributed by atoms with Gasteiger partial charge in [-0.2, -0.15) is 13.2 Å². The number of hydrogen-bond donors (Lipinski definition) is 1. The number of hydrogen-bond acceptors (Lipinski definition) is 4. The second-order valence-electron chi connectivity index (χ2n) is 6.86. The summed E-state index contributed by atoms with van der Waals surface area (Å²) in [6, 6.07) is 19.2. The summed E-state index contributed by atoms with van der Waals surface area (Å²) in [6.45, 7) is 1.13. The van der Waals surface area contributed by atoms with Crippen LogP contribution in [0.3, 0.4) is 0 Å². The van der Waals surface area contributed by atoms with Crippen LogP contribution in [0.15, 0.2) is 77.6 Å². The number of aromatic nitrogens is 2. The second kappa shape index (κ2) is 7.71. The number of nitrogens with zero attached hydrogens (tertiary/aromatic N) is 2. The summed E-state index contributed by atoms with van der Waals surface area (Å²) in [5.74, 6) is -0.419. The van der Waals surface area contributed by atoms with E-state index in [1.807, 2.05) is 6.07 Å². The first-order chi connectivity index (χ1) is 14.8. The van der Waals surface area contributed by atoms with Crippen LogP contribution in [0.4, 0.5) is 24.7 Å². The smallest absolute Gasteiger partial charge is 0.341 e. The molecule has 0 aliphatic rings. The number of anilines is 2. The van der Waals surface area contributed by atoms with Crippen LogP contribution in [0.1, 0.15) is 23.0 Å². The predicted octanol–water partition coefficient (Wildman–Crippen LogP) is 5.35. The van der Waals surface area contributed by atoms with E-state index in [1.165, 1.54) is 4.57 Å². The molecule has 0 aliphatic carbocycles. The summed E-state index contributed by atoms with van der Waals surface area (Å²) in [7, 11) is 0. The molecule has 0 bridgehead atoms. The topological polar surface area (TPSA) is 64.0 Å². The third-order valence-electron chi connectivity index (χ3n) is 4.69. The monoisotopic (exact) mass is 423 g/mol. The molecule has 0 amide bonds. The molecule has 1 N–H and O–H groups in total. The zero-order valence-corrected chi connectivity index (χ0v) is 16.3. The normalized spacial score (nSPS) is 11.5. The van der Waals surface area contributed by atoms with E-state index in [9.17, 15) is 22.8 Å². The van der Waals surface area contributed by atoms with Crippen molar-refractivity contribution in [2.75, 3.05) is 5.32 Å². The number of carbonyl (C=O) groups excluding carboxylic acids is 1. The molecule has 4 aromatic rings. The molecule has 4 rings (SSSR count). The molecule has 31 heavy (non-hydrogen) atoms. The minimum atomic E-state index is -4.84. The van der Waals surface area contributed by atoms with Crippen LogP contribution in [0.5, 0.6) is 0 Å². The summed E-state index contributed by atoms with van der Waals surface area (Å²) in [6.07, 6.45) is -4.84. The average Bonchev–Trinajstić information content (AvgIpc) is 2.73. The lowest BCUT2D eigenvalue weighted by Gasteiger charge is -2.20. The molecule has 0 saturated heterocycles. The van der Waals surface area contributed by atoms with Crippen molar-refractivity contribution in [3.05, 3.63) is 94.3 Å². The number of halogens is 3. The molecule has 5 nitrogen and oxygen atoms in total. The summed E-state index contributed by atoms with van der Waals surface area (Å²) < 4.78 is 42.9. The maximum atomic E-state index is 13.8. The molecule has 0 atom stereocenters. The number of carbonyl (C=O) groups is 1. The molecule has 156 valence electrons. The van der Waals surface area contributed by atoms with Crippen LogP contribution >= 0.6 is 0 Å². The molecular formula is C23H16F3N3O2. The fourth-order valence-corrected chi connectivity index (χ4v) is 3.32. The zero-order valence-electron chi connectivity index (χ0n) is 16.3. The van der Waals surface area contributed by atoms with Gasteiger partial charge in [-0.05, 0) is 30.3 Å². The maximum Gasteiger partial charge on any atom is 0.417 e. The van der Waals surface area contributed by atoms with Crippen molar-refractivity contribution < 1.29 is 18.0 Å². The Morgan fingerprint density at radius 3 is 2.16 bits per heavy atom. The van der Waals surface area contributed by atoms with Crippen LogP contribution in [0.25, 0.3) is 16.7 Å². The van der Waals surface area contributed by atoms with Gasteiger partial charge in [-0.3, -0.25) is 14.2 Å². The lowest BCUT2D eigenvalue weighted by atomic mass is 10.1. The molecular weight excluding hydrogens is 407 g/mol. The number of Topliss-reactive ketones (excluding diaryl/α,β-unsaturated/α-hetero) is 1. The minimum Gasteiger partial charge on any atom is -0.341 e. The highest BCUT2D eigenvalue weighted by Crippen LogP contribution is 2.35. The molecule has 0 aliphatic heterocycles. The van der Waals surface area contributed by atoms with Gasteiger partial charge in [0.15, 0.2) is 16.9 Å². The Morgan fingerprint density at radius 2 is 1.58 bits per heavy atom. The van der Waals surface area contributed by atoms with E-state index >= 15 is 0 Å². The van der Waals surface area contributed by atoms with Gasteiger partial charge in [0.2, 0.25) is 0 Å². The van der Waals surface area contributed by atoms with Crippen molar-refractivity contribution in [3.8, 4) is 5.69 Å². The largest absolute Gasteiger partial charge is 0.417 e. The van der Waals surface area contributed by atoms with Gasteiger partial charge >= 0.3 is 6.18 Å². The van der Waals surface area contributed by atoms with Gasteiger partial charge in [0, 0.05) is 24.4 Å². The Kier molecular flexibility index (Phi) is 5.06. The van der Waals surface area contributed by atoms with Crippen molar-refractivity contribution in [1.29, 1.82) is 0 Å². The number of alkyl halides is 3. The lowest BCUT2D eigenvalue weighted by molar-refractivity contribution is -0.136. The van der Waals surface area contributed by atoms with E-state index in [1.54, 1.807) is 54.6 Å². The van der Waals surface area contributed by atoms with Crippen LogP contribution in [0.2, 0.25) is 0 Å². The molecule has 0 unspecified atom stereocenters. The molecule has 2 heterocycles. The van der Waals surface area contributed by atoms with E-state index < -0.39 is 28.3 Å². The number of benzene rings is 2. The molecule has 0 radical (unpaired) electrons. The van der Waals surface area contributed by atoms with Gasteiger partial charge in [-0.25, -0.2) is 4.98 Å². The van der Waals surface area contributed by atoms with Gasteiger partial charge in [0.1, 0.15) is 11.5 Å². The van der Waals surface area contributed by atoms with E-state index in [-0.39, 0.29) is 17.2 Å². The fourth-order valence-electron chi connectivity index (χ4n) is 3.32. The van der Waals surface area contributed by atoms with Crippen LogP contribution in [0, 0.1) is 0 Å². The predicted molar refractivity (Wildman–Crippen MR) is 112 cm³/mol. The quantitative estimate of drug-likeness (QED) is 0.450. The van der Waals surface area contributed by atoms with E-state index in [4.69, 9.17) is 0 Å². The summed E-state index contributed by atoms with van der Waals surface area (Å²) in [5.41, 5.74) is -1.56. The number of rotatable bonds is 4. The maximum absolute atomic E-state index is 13.8. The molecule has 8 heteroatoms. The summed E-state index contributed by atoms with van der Waals surface area (Å²) >= 11 is 0. The highest BCUT2D eigenvalue weighted by atomic mass is 19.4. The van der Waals surface area contributed by atoms with E-state index in [0.717, 1.165) is 13.0 Å². The van der Waals surface area contributed by atoms with Crippen molar-refractivity contribution in [2.45, 2.75) is 13.1 Å². The first-order valence-electron chi connectivity index (χ1n) is 9.32. The SMILES string of the molecule is CC(=O)c1cc(C(F)(F)F)c2c(=O)cc(Nc3ccccc3)n(-c3ccccc3)c2n1. The Morgan fingerprint density at radius 1 is 0.968 bits per heavy atom. The Hall–Kier alpha value is -3.94. The standard InChI is InChI=1S/C23H16F3N3O2/c1-14(30)18-12-17(23(24,25)26)21-19(31)13-20(27-15-8-4-2-5-9-15)29(22(21)28-18)16-10-6-3-7-11-16/h2-13,27H,1H3. The van der Waals surface area contributed by atoms with Gasteiger partial charge < -0.3 is 5.32 Å². The van der Waals surface area contributed by atoms with Gasteiger partial charge in [-0.1, -0.05) is 36.4 Å². The molecule has 2 aromatic carbocycles. The Balaban J connectivity index is 2.14. The first kappa shape index (κ1) is 20.3. The van der Waals surface area contributed by atoms with Crippen LogP contribution in [-0.2, 0) is 6.18 Å². The minimum absolute atomic E-state index is 0.219. The van der Waals surface area contributed by atoms with Gasteiger partial charge in [0.25, 0.3) is 0 Å². The van der Waals surface area contributed by atoms with Gasteiger partial charge in [-0.15, -0.1) is 0 Å². The molecule has 2 aromatic heterocycles. The molecule has 0 saturated carbocycles. The highest BCUT2D eigenvalue weighted by molar-refractivity contribution is 5.96. The van der Waals surface area contributed by atoms with Crippen molar-refractivity contribution in [1.82, 2.24) is 9.55 Å². The van der Waals surface area contributed by atoms with E-state index in [0.29, 0.717) is 17.4 Å². The van der Waals surface area contributed by atoms with Crippen molar-refractivity contribution in [2.24, 2.45) is 0 Å². The number of fused-ring (bicyclic) bond motifs is 1. The van der Waals surface area contributed by atoms with Gasteiger partial charge in [0.05, 0.1) is 10.9 Å². The fraction of sp³-hybridized carbons (Fsp3) is 0.0870. The lowest BCUT2D eigenvalue weighted by Crippen LogP contribution is -2.20. The first-order valence-corrected chi connectivity index (χ1v) is 9.32. The molecule has 0 spiro atoms. The van der Waals surface area contributed by atoms with Crippen molar-refractivity contribution in [3.63, 3.8) is 0 Å². The highest BCUT2D eigenvalue weighted by Gasteiger charge is 2.36. The number of nitrogens with one attached hydrogen (secondary N) is 1. The van der Waals surface area contributed by atoms with Crippen LogP contribution < -0.4 is 10.7 Å². The van der Waals surface area contributed by atoms with Crippen molar-refractivity contribution >= 4 is 28.3 Å². The summed E-state index contributed by atoms with van der Waals surface area (Å²) in [5, 5.41) is 2.47. The van der Waals surface area contributed by atoms with Crippen LogP contribution in [-0.4, -0.2) is 15.3 Å². The number of para-hydroxylation sites is 2. The Bertz CT molecular complexity index is 1330. The average molecular weight is 423 g/mol. The number of pyridine rings is 2. The number of ketones is 1. The second-order valence-corrected chi connectivity index (χ2v) is 6.86. The van der Waals surface area contributed by atoms with E-state index in [2.05, 4.69) is 10.3 Å². The summed E-state index contributed by atoms with van der Waals surface area (Å²) in [4.78, 5) is 28.9. The molecule has 0 fully saturated rings. The third-order valence-corrected chi connectivity index (χ3v) is 4.69. The third kappa shape index (κ3) is 3.92. The Labute approximate surface area is 174 Å². The zero-order chi connectivity index (χ0) is 22.2.